The average molecular weight is 539 g/mol. The van der Waals surface area contributed by atoms with Gasteiger partial charge in [-0.3, -0.25) is 14.6 Å². The number of hydrogen-bond acceptors (Lipinski definition) is 7. The van der Waals surface area contributed by atoms with Crippen molar-refractivity contribution >= 4 is 45.1 Å². The molecule has 0 radical (unpaired) electrons. The van der Waals surface area contributed by atoms with E-state index in [1.165, 1.54) is 10.5 Å². The molecule has 1 unspecified atom stereocenters. The second kappa shape index (κ2) is 9.62. The van der Waals surface area contributed by atoms with Crippen LogP contribution in [0.25, 0.3) is 21.5 Å². The van der Waals surface area contributed by atoms with Crippen molar-refractivity contribution in [2.75, 3.05) is 19.6 Å². The molecule has 0 aliphatic carbocycles. The fourth-order valence-corrected chi connectivity index (χ4v) is 7.39. The van der Waals surface area contributed by atoms with Gasteiger partial charge in [-0.2, -0.15) is 0 Å². The Hall–Kier alpha value is -2.59. The molecule has 5 heterocycles. The molecule has 6 rings (SSSR count). The lowest BCUT2D eigenvalue weighted by Crippen LogP contribution is -2.54. The number of thiophene rings is 1. The number of hydrogen-bond donors (Lipinski definition) is 1. The van der Waals surface area contributed by atoms with E-state index in [0.29, 0.717) is 23.7 Å². The van der Waals surface area contributed by atoms with Gasteiger partial charge < -0.3 is 10.2 Å². The van der Waals surface area contributed by atoms with Gasteiger partial charge in [0.15, 0.2) is 0 Å². The number of fused-ring (bicyclic) bond motifs is 2. The number of nitrogens with one attached hydrogen (secondary N) is 1. The van der Waals surface area contributed by atoms with E-state index in [4.69, 9.17) is 16.6 Å². The third-order valence-corrected chi connectivity index (χ3v) is 9.34. The lowest BCUT2D eigenvalue weighted by atomic mass is 9.96. The summed E-state index contributed by atoms with van der Waals surface area (Å²) in [7, 11) is 0. The Bertz CT molecular complexity index is 1360. The first-order valence-corrected chi connectivity index (χ1v) is 14.1. The molecule has 0 saturated carbocycles. The first-order valence-electron chi connectivity index (χ1n) is 12.9. The second-order valence-electron chi connectivity index (χ2n) is 10.5. The van der Waals surface area contributed by atoms with Crippen LogP contribution in [-0.4, -0.2) is 74.4 Å². The highest BCUT2D eigenvalue weighted by Gasteiger charge is 2.47. The minimum atomic E-state index is -0.288. The smallest absolute Gasteiger partial charge is 0.314 e. The van der Waals surface area contributed by atoms with Crippen molar-refractivity contribution in [2.45, 2.75) is 64.8 Å². The molecule has 3 saturated heterocycles. The van der Waals surface area contributed by atoms with Crippen molar-refractivity contribution in [3.63, 3.8) is 0 Å². The summed E-state index contributed by atoms with van der Waals surface area (Å²) in [6.07, 6.45) is 3.24. The molecule has 3 aliphatic heterocycles. The monoisotopic (exact) mass is 538 g/mol. The SMILES string of the molecule is Cc1cc(Cl)cc(-c2ncnc3cc(CN4C(=O)C5CCCN5C4=O)sc23)c1CN1[C@@H](C)CNC[C@@H]1C. The quantitative estimate of drug-likeness (QED) is 0.484. The number of amides is 3. The number of benzene rings is 1. The molecule has 10 heteroatoms. The van der Waals surface area contributed by atoms with Crippen LogP contribution in [0.15, 0.2) is 24.5 Å². The van der Waals surface area contributed by atoms with E-state index in [0.717, 1.165) is 64.4 Å². The second-order valence-corrected chi connectivity index (χ2v) is 12.1. The molecule has 1 aromatic carbocycles. The van der Waals surface area contributed by atoms with Crippen LogP contribution in [0.1, 0.15) is 42.7 Å². The number of aromatic nitrogens is 2. The van der Waals surface area contributed by atoms with E-state index < -0.39 is 0 Å². The zero-order valence-electron chi connectivity index (χ0n) is 21.3. The maximum absolute atomic E-state index is 12.9. The molecule has 3 aliphatic rings. The maximum Gasteiger partial charge on any atom is 0.327 e. The molecule has 3 aromatic rings. The Balaban J connectivity index is 1.37. The number of carbonyl (C=O) groups excluding carboxylic acids is 2. The largest absolute Gasteiger partial charge is 0.327 e. The number of halogens is 1. The fourth-order valence-electron chi connectivity index (χ4n) is 6.02. The van der Waals surface area contributed by atoms with Gasteiger partial charge >= 0.3 is 6.03 Å². The van der Waals surface area contributed by atoms with E-state index in [9.17, 15) is 9.59 Å². The topological polar surface area (TPSA) is 81.7 Å². The minimum absolute atomic E-state index is 0.0849. The highest BCUT2D eigenvalue weighted by molar-refractivity contribution is 7.19. The van der Waals surface area contributed by atoms with E-state index in [1.54, 1.807) is 22.6 Å². The van der Waals surface area contributed by atoms with Gasteiger partial charge in [0.05, 0.1) is 22.5 Å². The molecule has 37 heavy (non-hydrogen) atoms. The maximum atomic E-state index is 12.9. The summed E-state index contributed by atoms with van der Waals surface area (Å²) in [5, 5.41) is 4.18. The standard InChI is InChI=1S/C27H31ClN6O2S/c1-15-7-18(28)8-20(21(15)13-33-16(2)10-29-11-17(33)3)24-25-22(30-14-31-24)9-19(37-25)12-34-26(35)23-5-4-6-32(23)27(34)36/h7-9,14,16-17,23,29H,4-6,10-13H2,1-3H3/t16-,17-,23?/m0/s1. The van der Waals surface area contributed by atoms with Crippen molar-refractivity contribution in [3.05, 3.63) is 45.6 Å². The Morgan fingerprint density at radius 2 is 1.89 bits per heavy atom. The molecule has 0 bridgehead atoms. The molecule has 3 fully saturated rings. The number of aryl methyl sites for hydroxylation is 1. The van der Waals surface area contributed by atoms with Gasteiger partial charge in [-0.05, 0) is 62.9 Å². The minimum Gasteiger partial charge on any atom is -0.314 e. The van der Waals surface area contributed by atoms with Crippen LogP contribution < -0.4 is 5.32 Å². The van der Waals surface area contributed by atoms with Gasteiger partial charge in [-0.15, -0.1) is 11.3 Å². The average Bonchev–Trinajstić information content (AvgIpc) is 3.56. The molecule has 2 aromatic heterocycles. The highest BCUT2D eigenvalue weighted by Crippen LogP contribution is 2.38. The van der Waals surface area contributed by atoms with E-state index in [2.05, 4.69) is 36.0 Å². The normalized spacial score (nSPS) is 24.5. The summed E-state index contributed by atoms with van der Waals surface area (Å²) in [5.41, 5.74) is 5.02. The highest BCUT2D eigenvalue weighted by atomic mass is 35.5. The number of piperazine rings is 1. The molecular formula is C27H31ClN6O2S. The summed E-state index contributed by atoms with van der Waals surface area (Å²) in [6.45, 7) is 10.3. The number of imide groups is 1. The van der Waals surface area contributed by atoms with Crippen LogP contribution in [0.2, 0.25) is 5.02 Å². The number of rotatable bonds is 5. The third-order valence-electron chi connectivity index (χ3n) is 8.00. The van der Waals surface area contributed by atoms with E-state index in [1.807, 2.05) is 18.2 Å². The summed E-state index contributed by atoms with van der Waals surface area (Å²) in [4.78, 5) is 41.5. The van der Waals surface area contributed by atoms with Gasteiger partial charge in [0.2, 0.25) is 0 Å². The van der Waals surface area contributed by atoms with Crippen LogP contribution in [0.3, 0.4) is 0 Å². The molecule has 194 valence electrons. The van der Waals surface area contributed by atoms with E-state index >= 15 is 0 Å². The summed E-state index contributed by atoms with van der Waals surface area (Å²) in [6, 6.07) is 6.37. The number of urea groups is 1. The summed E-state index contributed by atoms with van der Waals surface area (Å²) >= 11 is 8.12. The van der Waals surface area contributed by atoms with Crippen LogP contribution in [-0.2, 0) is 17.9 Å². The molecule has 0 spiro atoms. The molecule has 3 amide bonds. The van der Waals surface area contributed by atoms with Gasteiger partial charge in [-0.25, -0.2) is 14.8 Å². The Kier molecular flexibility index (Phi) is 6.43. The predicted molar refractivity (Wildman–Crippen MR) is 146 cm³/mol. The third kappa shape index (κ3) is 4.31. The van der Waals surface area contributed by atoms with Gasteiger partial charge in [-0.1, -0.05) is 11.6 Å². The lowest BCUT2D eigenvalue weighted by molar-refractivity contribution is -0.128. The van der Waals surface area contributed by atoms with Crippen molar-refractivity contribution in [2.24, 2.45) is 0 Å². The summed E-state index contributed by atoms with van der Waals surface area (Å²) < 4.78 is 0.946. The zero-order valence-corrected chi connectivity index (χ0v) is 22.9. The zero-order chi connectivity index (χ0) is 25.8. The van der Waals surface area contributed by atoms with Gasteiger partial charge in [0, 0.05) is 53.7 Å². The van der Waals surface area contributed by atoms with Gasteiger partial charge in [0.25, 0.3) is 5.91 Å². The number of nitrogens with zero attached hydrogens (tertiary/aromatic N) is 5. The van der Waals surface area contributed by atoms with Crippen LogP contribution >= 0.6 is 22.9 Å². The Morgan fingerprint density at radius 3 is 2.65 bits per heavy atom. The molecular weight excluding hydrogens is 508 g/mol. The van der Waals surface area contributed by atoms with Gasteiger partial charge in [0.1, 0.15) is 12.4 Å². The predicted octanol–water partition coefficient (Wildman–Crippen LogP) is 4.43. The van der Waals surface area contributed by atoms with Crippen molar-refractivity contribution < 1.29 is 9.59 Å². The molecule has 1 N–H and O–H groups in total. The van der Waals surface area contributed by atoms with Crippen LogP contribution in [0, 0.1) is 6.92 Å². The fraction of sp³-hybridized carbons (Fsp3) is 0.481. The van der Waals surface area contributed by atoms with Crippen molar-refractivity contribution in [1.82, 2.24) is 30.0 Å². The van der Waals surface area contributed by atoms with Crippen LogP contribution in [0.4, 0.5) is 4.79 Å². The summed E-state index contributed by atoms with van der Waals surface area (Å²) in [5.74, 6) is -0.0849. The van der Waals surface area contributed by atoms with Crippen LogP contribution in [0.5, 0.6) is 0 Å². The Morgan fingerprint density at radius 1 is 1.11 bits per heavy atom. The first kappa shape index (κ1) is 24.7. The first-order chi connectivity index (χ1) is 17.8. The van der Waals surface area contributed by atoms with E-state index in [-0.39, 0.29) is 24.5 Å². The molecule has 3 atom stereocenters. The van der Waals surface area contributed by atoms with Crippen molar-refractivity contribution in [1.29, 1.82) is 0 Å². The van der Waals surface area contributed by atoms with Crippen molar-refractivity contribution in [3.8, 4) is 11.3 Å². The Labute approximate surface area is 225 Å². The lowest BCUT2D eigenvalue weighted by Gasteiger charge is -2.40. The molecule has 8 nitrogen and oxygen atoms in total. The number of carbonyl (C=O) groups is 2.